The van der Waals surface area contributed by atoms with E-state index >= 15 is 0 Å². The molecule has 0 saturated heterocycles. The molecule has 0 aliphatic carbocycles. The second kappa shape index (κ2) is 3.75. The molecule has 0 aliphatic rings. The van der Waals surface area contributed by atoms with Gasteiger partial charge in [-0.2, -0.15) is 4.39 Å². The lowest BCUT2D eigenvalue weighted by Crippen LogP contribution is -1.95. The lowest BCUT2D eigenvalue weighted by atomic mass is 10.1. The normalized spacial score (nSPS) is 9.62. The number of hydrogen-bond acceptors (Lipinski definition) is 3. The molecule has 0 aromatic heterocycles. The fourth-order valence-electron chi connectivity index (χ4n) is 0.921. The van der Waals surface area contributed by atoms with Crippen LogP contribution in [0.2, 0.25) is 0 Å². The molecule has 0 amide bonds. The van der Waals surface area contributed by atoms with Crippen LogP contribution in [-0.4, -0.2) is 11.2 Å². The minimum absolute atomic E-state index is 0.0567. The van der Waals surface area contributed by atoms with E-state index in [4.69, 9.17) is 0 Å². The van der Waals surface area contributed by atoms with E-state index in [0.29, 0.717) is 11.8 Å². The number of carbonyl (C=O) groups excluding carboxylic acids is 1. The third kappa shape index (κ3) is 2.08. The van der Waals surface area contributed by atoms with Crippen molar-refractivity contribution in [2.45, 2.75) is 6.42 Å². The Morgan fingerprint density at radius 3 is 2.77 bits per heavy atom. The van der Waals surface area contributed by atoms with Gasteiger partial charge in [0.05, 0.1) is 4.92 Å². The maximum atomic E-state index is 12.7. The number of nitrogens with zero attached hydrogens (tertiary/aromatic N) is 1. The summed E-state index contributed by atoms with van der Waals surface area (Å²) in [6, 6.07) is 3.39. The average molecular weight is 183 g/mol. The highest BCUT2D eigenvalue weighted by molar-refractivity contribution is 5.56. The molecule has 1 aromatic carbocycles. The molecule has 0 heterocycles. The number of hydrogen-bond donors (Lipinski definition) is 0. The van der Waals surface area contributed by atoms with Gasteiger partial charge in [-0.3, -0.25) is 10.1 Å². The summed E-state index contributed by atoms with van der Waals surface area (Å²) in [4.78, 5) is 19.5. The van der Waals surface area contributed by atoms with Crippen molar-refractivity contribution in [2.75, 3.05) is 0 Å². The summed E-state index contributed by atoms with van der Waals surface area (Å²) in [5.74, 6) is -0.889. The molecule has 0 spiro atoms. The van der Waals surface area contributed by atoms with Crippen LogP contribution in [0.15, 0.2) is 18.2 Å². The molecular weight excluding hydrogens is 177 g/mol. The molecule has 0 bridgehead atoms. The van der Waals surface area contributed by atoms with Crippen LogP contribution < -0.4 is 0 Å². The number of halogens is 1. The zero-order valence-electron chi connectivity index (χ0n) is 6.57. The van der Waals surface area contributed by atoms with Gasteiger partial charge >= 0.3 is 5.69 Å². The van der Waals surface area contributed by atoms with Crippen LogP contribution in [-0.2, 0) is 11.2 Å². The van der Waals surface area contributed by atoms with Crippen molar-refractivity contribution in [1.82, 2.24) is 0 Å². The molecular formula is C8H6FNO3. The first kappa shape index (κ1) is 9.31. The van der Waals surface area contributed by atoms with Crippen molar-refractivity contribution in [3.05, 3.63) is 39.7 Å². The Kier molecular flexibility index (Phi) is 2.69. The molecule has 0 N–H and O–H groups in total. The van der Waals surface area contributed by atoms with E-state index in [-0.39, 0.29) is 6.42 Å². The standard InChI is InChI=1S/C8H6FNO3/c9-7-2-1-6(3-4-11)5-8(7)10(12)13/h1-2,4-5H,3H2. The number of nitro groups is 1. The summed E-state index contributed by atoms with van der Waals surface area (Å²) in [5.41, 5.74) is -0.164. The predicted molar refractivity (Wildman–Crippen MR) is 42.8 cm³/mol. The van der Waals surface area contributed by atoms with Gasteiger partial charge in [-0.15, -0.1) is 0 Å². The molecule has 1 rings (SSSR count). The van der Waals surface area contributed by atoms with Crippen molar-refractivity contribution in [1.29, 1.82) is 0 Å². The smallest absolute Gasteiger partial charge is 0.303 e. The van der Waals surface area contributed by atoms with Crippen LogP contribution in [0.4, 0.5) is 10.1 Å². The van der Waals surface area contributed by atoms with Gasteiger partial charge in [0.1, 0.15) is 6.29 Å². The van der Waals surface area contributed by atoms with Crippen molar-refractivity contribution in [3.63, 3.8) is 0 Å². The van der Waals surface area contributed by atoms with Crippen molar-refractivity contribution in [3.8, 4) is 0 Å². The van der Waals surface area contributed by atoms with E-state index < -0.39 is 16.4 Å². The Morgan fingerprint density at radius 1 is 1.54 bits per heavy atom. The van der Waals surface area contributed by atoms with Crippen molar-refractivity contribution < 1.29 is 14.1 Å². The third-order valence-electron chi connectivity index (χ3n) is 1.53. The van der Waals surface area contributed by atoms with Gasteiger partial charge in [-0.05, 0) is 11.6 Å². The zero-order chi connectivity index (χ0) is 9.84. The van der Waals surface area contributed by atoms with E-state index in [1.54, 1.807) is 0 Å². The summed E-state index contributed by atoms with van der Waals surface area (Å²) >= 11 is 0. The molecule has 0 fully saturated rings. The summed E-state index contributed by atoms with van der Waals surface area (Å²) < 4.78 is 12.7. The van der Waals surface area contributed by atoms with E-state index in [0.717, 1.165) is 12.1 Å². The van der Waals surface area contributed by atoms with Crippen LogP contribution in [0.5, 0.6) is 0 Å². The van der Waals surface area contributed by atoms with Crippen LogP contribution >= 0.6 is 0 Å². The zero-order valence-corrected chi connectivity index (χ0v) is 6.57. The summed E-state index contributed by atoms with van der Waals surface area (Å²) in [6.45, 7) is 0. The molecule has 68 valence electrons. The first-order valence-corrected chi connectivity index (χ1v) is 3.51. The number of carbonyl (C=O) groups is 1. The van der Waals surface area contributed by atoms with E-state index in [1.807, 2.05) is 0 Å². The molecule has 5 heteroatoms. The summed E-state index contributed by atoms with van der Waals surface area (Å²) in [5, 5.41) is 10.3. The van der Waals surface area contributed by atoms with Gasteiger partial charge in [-0.1, -0.05) is 6.07 Å². The molecule has 0 unspecified atom stereocenters. The Morgan fingerprint density at radius 2 is 2.23 bits per heavy atom. The molecule has 4 nitrogen and oxygen atoms in total. The van der Waals surface area contributed by atoms with Crippen LogP contribution in [0.1, 0.15) is 5.56 Å². The van der Waals surface area contributed by atoms with Gasteiger partial charge in [0.2, 0.25) is 5.82 Å². The number of aldehydes is 1. The van der Waals surface area contributed by atoms with Crippen LogP contribution in [0.3, 0.4) is 0 Å². The summed E-state index contributed by atoms with van der Waals surface area (Å²) in [6.07, 6.45) is 0.665. The van der Waals surface area contributed by atoms with Crippen LogP contribution in [0.25, 0.3) is 0 Å². The number of rotatable bonds is 3. The van der Waals surface area contributed by atoms with Gasteiger partial charge in [-0.25, -0.2) is 0 Å². The second-order valence-electron chi connectivity index (χ2n) is 2.41. The van der Waals surface area contributed by atoms with E-state index in [2.05, 4.69) is 0 Å². The molecule has 0 saturated carbocycles. The van der Waals surface area contributed by atoms with Crippen LogP contribution in [0, 0.1) is 15.9 Å². The summed E-state index contributed by atoms with van der Waals surface area (Å²) in [7, 11) is 0. The van der Waals surface area contributed by atoms with Gasteiger partial charge in [0.15, 0.2) is 0 Å². The van der Waals surface area contributed by atoms with Crippen molar-refractivity contribution in [2.24, 2.45) is 0 Å². The monoisotopic (exact) mass is 183 g/mol. The van der Waals surface area contributed by atoms with Gasteiger partial charge < -0.3 is 4.79 Å². The number of nitro benzene ring substituents is 1. The maximum absolute atomic E-state index is 12.7. The van der Waals surface area contributed by atoms with Gasteiger partial charge in [0, 0.05) is 12.5 Å². The molecule has 1 aromatic rings. The average Bonchev–Trinajstić information content (AvgIpc) is 2.08. The second-order valence-corrected chi connectivity index (χ2v) is 2.41. The Hall–Kier alpha value is -1.78. The number of benzene rings is 1. The topological polar surface area (TPSA) is 60.2 Å². The third-order valence-corrected chi connectivity index (χ3v) is 1.53. The quantitative estimate of drug-likeness (QED) is 0.405. The maximum Gasteiger partial charge on any atom is 0.305 e. The van der Waals surface area contributed by atoms with Crippen molar-refractivity contribution >= 4 is 12.0 Å². The fraction of sp³-hybridized carbons (Fsp3) is 0.125. The fourth-order valence-corrected chi connectivity index (χ4v) is 0.921. The first-order chi connectivity index (χ1) is 6.15. The van der Waals surface area contributed by atoms with E-state index in [9.17, 15) is 19.3 Å². The lowest BCUT2D eigenvalue weighted by molar-refractivity contribution is -0.387. The molecule has 0 radical (unpaired) electrons. The Bertz CT molecular complexity index is 351. The lowest BCUT2D eigenvalue weighted by Gasteiger charge is -1.96. The predicted octanol–water partition coefficient (Wildman–Crippen LogP) is 1.48. The van der Waals surface area contributed by atoms with E-state index in [1.165, 1.54) is 6.07 Å². The van der Waals surface area contributed by atoms with Gasteiger partial charge in [0.25, 0.3) is 0 Å². The highest BCUT2D eigenvalue weighted by Crippen LogP contribution is 2.18. The molecule has 0 atom stereocenters. The minimum Gasteiger partial charge on any atom is -0.303 e. The molecule has 13 heavy (non-hydrogen) atoms. The molecule has 0 aliphatic heterocycles. The Labute approximate surface area is 73.1 Å². The first-order valence-electron chi connectivity index (χ1n) is 3.51. The largest absolute Gasteiger partial charge is 0.305 e. The highest BCUT2D eigenvalue weighted by Gasteiger charge is 2.13. The SMILES string of the molecule is O=CCc1ccc(F)c([N+](=O)[O-])c1. The Balaban J connectivity index is 3.10. The minimum atomic E-state index is -0.889. The highest BCUT2D eigenvalue weighted by atomic mass is 19.1.